The van der Waals surface area contributed by atoms with Crippen LogP contribution in [0.25, 0.3) is 5.69 Å². The predicted octanol–water partition coefficient (Wildman–Crippen LogP) is 3.25. The van der Waals surface area contributed by atoms with Gasteiger partial charge in [-0.2, -0.15) is 5.10 Å². The first kappa shape index (κ1) is 26.2. The Bertz CT molecular complexity index is 1090. The van der Waals surface area contributed by atoms with Crippen LogP contribution in [0.2, 0.25) is 0 Å². The summed E-state index contributed by atoms with van der Waals surface area (Å²) in [5.41, 5.74) is 2.42. The lowest BCUT2D eigenvalue weighted by molar-refractivity contribution is 0.00431. The molecular formula is C27H35FN4O4. The van der Waals surface area contributed by atoms with Gasteiger partial charge >= 0.3 is 0 Å². The third kappa shape index (κ3) is 6.89. The van der Waals surface area contributed by atoms with Gasteiger partial charge in [0, 0.05) is 46.4 Å². The smallest absolute Gasteiger partial charge is 0.227 e. The molecule has 36 heavy (non-hydrogen) atoms. The van der Waals surface area contributed by atoms with Crippen LogP contribution in [-0.2, 0) is 16.0 Å². The summed E-state index contributed by atoms with van der Waals surface area (Å²) in [5, 5.41) is 15.6. The van der Waals surface area contributed by atoms with E-state index in [0.717, 1.165) is 30.0 Å². The molecule has 3 aromatic rings. The maximum absolute atomic E-state index is 14.5. The highest BCUT2D eigenvalue weighted by molar-refractivity contribution is 5.43. The first-order valence-electron chi connectivity index (χ1n) is 12.3. The van der Waals surface area contributed by atoms with Crippen LogP contribution < -0.4 is 4.74 Å². The number of benzene rings is 2. The largest absolute Gasteiger partial charge is 0.435 e. The molecule has 1 atom stereocenters. The molecule has 0 saturated carbocycles. The van der Waals surface area contributed by atoms with Crippen molar-refractivity contribution >= 4 is 0 Å². The minimum atomic E-state index is -0.541. The molecule has 1 fully saturated rings. The molecule has 0 bridgehead atoms. The van der Waals surface area contributed by atoms with E-state index in [9.17, 15) is 9.50 Å². The number of rotatable bonds is 12. The number of aliphatic hydroxyl groups excluding tert-OH is 1. The second-order valence-electron chi connectivity index (χ2n) is 8.94. The normalized spacial score (nSPS) is 15.4. The van der Waals surface area contributed by atoms with Crippen LogP contribution >= 0.6 is 0 Å². The molecule has 2 heterocycles. The fourth-order valence-electron chi connectivity index (χ4n) is 4.32. The third-order valence-corrected chi connectivity index (χ3v) is 6.22. The molecule has 1 aliphatic rings. The molecule has 0 aliphatic carbocycles. The summed E-state index contributed by atoms with van der Waals surface area (Å²) in [6.45, 7) is 7.56. The maximum atomic E-state index is 14.5. The second-order valence-corrected chi connectivity index (χ2v) is 8.94. The van der Waals surface area contributed by atoms with Gasteiger partial charge in [-0.15, -0.1) is 0 Å². The summed E-state index contributed by atoms with van der Waals surface area (Å²) >= 11 is 0. The number of para-hydroxylation sites is 2. The fourth-order valence-corrected chi connectivity index (χ4v) is 4.32. The van der Waals surface area contributed by atoms with E-state index in [1.54, 1.807) is 30.0 Å². The van der Waals surface area contributed by atoms with Crippen molar-refractivity contribution in [1.29, 1.82) is 0 Å². The number of halogens is 1. The number of aliphatic hydroxyl groups is 1. The highest BCUT2D eigenvalue weighted by atomic mass is 19.1. The zero-order valence-corrected chi connectivity index (χ0v) is 21.0. The standard InChI is InChI=1S/C27H35FN4O4/c1-21-24(20-31(12-15-34-2)19-23(33)18-30-13-16-35-17-14-30)27(36-26-11-7-6-10-25(26)28)32(29-21)22-8-4-3-5-9-22/h3-11,23,33H,12-20H2,1-2H3. The van der Waals surface area contributed by atoms with E-state index in [2.05, 4.69) is 9.80 Å². The molecule has 194 valence electrons. The zero-order chi connectivity index (χ0) is 25.3. The van der Waals surface area contributed by atoms with Crippen molar-refractivity contribution in [2.45, 2.75) is 19.6 Å². The third-order valence-electron chi connectivity index (χ3n) is 6.22. The summed E-state index contributed by atoms with van der Waals surface area (Å²) in [6, 6.07) is 16.0. The maximum Gasteiger partial charge on any atom is 0.227 e. The van der Waals surface area contributed by atoms with Crippen molar-refractivity contribution in [3.8, 4) is 17.3 Å². The Morgan fingerprint density at radius 3 is 2.56 bits per heavy atom. The van der Waals surface area contributed by atoms with Crippen LogP contribution in [0.1, 0.15) is 11.3 Å². The number of methoxy groups -OCH3 is 1. The second kappa shape index (κ2) is 12.9. The Kier molecular flexibility index (Phi) is 9.43. The van der Waals surface area contributed by atoms with E-state index in [4.69, 9.17) is 19.3 Å². The molecule has 0 amide bonds. The first-order valence-corrected chi connectivity index (χ1v) is 12.3. The van der Waals surface area contributed by atoms with Gasteiger partial charge in [0.05, 0.1) is 42.9 Å². The molecule has 0 radical (unpaired) electrons. The van der Waals surface area contributed by atoms with Gasteiger partial charge in [-0.1, -0.05) is 30.3 Å². The van der Waals surface area contributed by atoms with Crippen molar-refractivity contribution in [1.82, 2.24) is 19.6 Å². The van der Waals surface area contributed by atoms with E-state index in [1.807, 2.05) is 37.3 Å². The van der Waals surface area contributed by atoms with Gasteiger partial charge in [0.1, 0.15) is 0 Å². The molecule has 0 spiro atoms. The van der Waals surface area contributed by atoms with E-state index in [0.29, 0.717) is 51.9 Å². The summed E-state index contributed by atoms with van der Waals surface area (Å²) in [7, 11) is 1.66. The Labute approximate surface area is 211 Å². The molecule has 2 aromatic carbocycles. The van der Waals surface area contributed by atoms with Crippen LogP contribution in [-0.4, -0.2) is 90.4 Å². The van der Waals surface area contributed by atoms with Crippen LogP contribution in [0, 0.1) is 12.7 Å². The highest BCUT2D eigenvalue weighted by Crippen LogP contribution is 2.32. The summed E-state index contributed by atoms with van der Waals surface area (Å²) in [4.78, 5) is 4.34. The van der Waals surface area contributed by atoms with Crippen molar-refractivity contribution in [3.63, 3.8) is 0 Å². The van der Waals surface area contributed by atoms with Crippen LogP contribution in [0.4, 0.5) is 4.39 Å². The average Bonchev–Trinajstić information content (AvgIpc) is 3.19. The average molecular weight is 499 g/mol. The zero-order valence-electron chi connectivity index (χ0n) is 21.0. The van der Waals surface area contributed by atoms with Crippen LogP contribution in [0.5, 0.6) is 11.6 Å². The lowest BCUT2D eigenvalue weighted by Crippen LogP contribution is -2.45. The SMILES string of the molecule is COCCN(Cc1c(C)nn(-c2ccccc2)c1Oc1ccccc1F)CC(O)CN1CCOCC1. The minimum absolute atomic E-state index is 0.131. The van der Waals surface area contributed by atoms with E-state index >= 15 is 0 Å². The Hall–Kier alpha value is -2.82. The van der Waals surface area contributed by atoms with E-state index in [-0.39, 0.29) is 5.75 Å². The number of morpholine rings is 1. The van der Waals surface area contributed by atoms with Crippen molar-refractivity contribution in [2.75, 3.05) is 59.7 Å². The lowest BCUT2D eigenvalue weighted by Gasteiger charge is -2.31. The van der Waals surface area contributed by atoms with Gasteiger partial charge < -0.3 is 19.3 Å². The summed E-state index contributed by atoms with van der Waals surface area (Å²) in [5.74, 6) is 0.139. The van der Waals surface area contributed by atoms with Crippen molar-refractivity contribution in [2.24, 2.45) is 0 Å². The Balaban J connectivity index is 1.60. The number of aryl methyl sites for hydroxylation is 1. The molecular weight excluding hydrogens is 463 g/mol. The van der Waals surface area contributed by atoms with Gasteiger partial charge in [0.15, 0.2) is 11.6 Å². The van der Waals surface area contributed by atoms with Gasteiger partial charge in [-0.05, 0) is 31.2 Å². The van der Waals surface area contributed by atoms with E-state index < -0.39 is 11.9 Å². The molecule has 1 unspecified atom stereocenters. The molecule has 1 saturated heterocycles. The number of nitrogens with zero attached hydrogens (tertiary/aromatic N) is 4. The number of hydrogen-bond donors (Lipinski definition) is 1. The number of hydrogen-bond acceptors (Lipinski definition) is 7. The topological polar surface area (TPSA) is 72.2 Å². The molecule has 1 N–H and O–H groups in total. The molecule has 1 aliphatic heterocycles. The molecule has 1 aromatic heterocycles. The van der Waals surface area contributed by atoms with Gasteiger partial charge in [-0.25, -0.2) is 9.07 Å². The minimum Gasteiger partial charge on any atom is -0.435 e. The first-order chi connectivity index (χ1) is 17.5. The van der Waals surface area contributed by atoms with Crippen molar-refractivity contribution < 1.29 is 23.7 Å². The number of aromatic nitrogens is 2. The predicted molar refractivity (Wildman–Crippen MR) is 135 cm³/mol. The monoisotopic (exact) mass is 498 g/mol. The van der Waals surface area contributed by atoms with E-state index in [1.165, 1.54) is 6.07 Å². The Morgan fingerprint density at radius 2 is 1.83 bits per heavy atom. The molecule has 4 rings (SSSR count). The van der Waals surface area contributed by atoms with Crippen LogP contribution in [0.15, 0.2) is 54.6 Å². The fraction of sp³-hybridized carbons (Fsp3) is 0.444. The number of ether oxygens (including phenoxy) is 3. The quantitative estimate of drug-likeness (QED) is 0.411. The molecule has 9 heteroatoms. The van der Waals surface area contributed by atoms with Crippen molar-refractivity contribution in [3.05, 3.63) is 71.7 Å². The van der Waals surface area contributed by atoms with Gasteiger partial charge in [-0.3, -0.25) is 9.80 Å². The molecule has 8 nitrogen and oxygen atoms in total. The highest BCUT2D eigenvalue weighted by Gasteiger charge is 2.24. The van der Waals surface area contributed by atoms with Gasteiger partial charge in [0.2, 0.25) is 5.88 Å². The Morgan fingerprint density at radius 1 is 1.11 bits per heavy atom. The van der Waals surface area contributed by atoms with Crippen LogP contribution in [0.3, 0.4) is 0 Å². The van der Waals surface area contributed by atoms with Gasteiger partial charge in [0.25, 0.3) is 0 Å². The number of β-amino-alcohol motifs (C(OH)–C–C–N with tert-alkyl or cyclic N) is 1. The summed E-state index contributed by atoms with van der Waals surface area (Å²) < 4.78 is 33.2. The lowest BCUT2D eigenvalue weighted by atomic mass is 10.2. The summed E-state index contributed by atoms with van der Waals surface area (Å²) in [6.07, 6.45) is -0.541.